The van der Waals surface area contributed by atoms with Crippen LogP contribution in [-0.4, -0.2) is 35.5 Å². The molecule has 0 aliphatic rings. The van der Waals surface area contributed by atoms with E-state index < -0.39 is 0 Å². The average molecular weight is 600 g/mol. The van der Waals surface area contributed by atoms with Gasteiger partial charge in [-0.3, -0.25) is 9.59 Å². The number of halogens is 2. The van der Waals surface area contributed by atoms with Crippen molar-refractivity contribution in [2.45, 2.75) is 6.92 Å². The lowest BCUT2D eigenvalue weighted by Crippen LogP contribution is -2.21. The molecular weight excluding hydrogens is 580 g/mol. The fourth-order valence-corrected chi connectivity index (χ4v) is 4.18. The van der Waals surface area contributed by atoms with E-state index in [0.29, 0.717) is 43.9 Å². The van der Waals surface area contributed by atoms with Crippen molar-refractivity contribution in [2.24, 2.45) is 5.10 Å². The largest absolute Gasteiger partial charge is 0.493 e. The van der Waals surface area contributed by atoms with Crippen LogP contribution in [0.2, 0.25) is 0 Å². The van der Waals surface area contributed by atoms with Gasteiger partial charge in [-0.1, -0.05) is 50.1 Å². The maximum Gasteiger partial charge on any atom is 0.282 e. The Hall–Kier alpha value is -3.50. The molecule has 0 aliphatic carbocycles. The highest BCUT2D eigenvalue weighted by Crippen LogP contribution is 2.34. The van der Waals surface area contributed by atoms with Crippen LogP contribution in [0, 0.1) is 6.92 Å². The van der Waals surface area contributed by atoms with Crippen LogP contribution in [-0.2, 0) is 4.79 Å². The fourth-order valence-electron chi connectivity index (χ4n) is 3.36. The van der Waals surface area contributed by atoms with Crippen molar-refractivity contribution in [1.29, 1.82) is 0 Å². The predicted octanol–water partition coefficient (Wildman–Crippen LogP) is 5.14. The Balaban J connectivity index is 1.65. The van der Waals surface area contributed by atoms with Crippen LogP contribution in [0.25, 0.3) is 10.9 Å². The SMILES string of the molecule is COc1cc(Br)cc(C=Nn2c(C)nc3ccc(Br)cc3c2=O)c1OCC(=O)Nc1ccccc1. The van der Waals surface area contributed by atoms with Crippen molar-refractivity contribution >= 4 is 60.6 Å². The fraction of sp³-hybridized carbons (Fsp3) is 0.120. The summed E-state index contributed by atoms with van der Waals surface area (Å²) >= 11 is 6.83. The van der Waals surface area contributed by atoms with E-state index in [2.05, 4.69) is 47.3 Å². The topological polar surface area (TPSA) is 94.8 Å². The lowest BCUT2D eigenvalue weighted by atomic mass is 10.2. The van der Waals surface area contributed by atoms with Gasteiger partial charge in [0, 0.05) is 20.2 Å². The number of anilines is 1. The summed E-state index contributed by atoms with van der Waals surface area (Å²) in [5.41, 5.74) is 1.44. The lowest BCUT2D eigenvalue weighted by molar-refractivity contribution is -0.118. The molecule has 4 rings (SSSR count). The van der Waals surface area contributed by atoms with Gasteiger partial charge in [0.1, 0.15) is 5.82 Å². The number of hydrogen-bond donors (Lipinski definition) is 1. The van der Waals surface area contributed by atoms with Crippen molar-refractivity contribution in [2.75, 3.05) is 19.0 Å². The number of aryl methyl sites for hydroxylation is 1. The highest BCUT2D eigenvalue weighted by molar-refractivity contribution is 9.10. The summed E-state index contributed by atoms with van der Waals surface area (Å²) in [5.74, 6) is 0.802. The maximum absolute atomic E-state index is 13.1. The van der Waals surface area contributed by atoms with Crippen LogP contribution in [0.4, 0.5) is 5.69 Å². The maximum atomic E-state index is 13.1. The summed E-state index contributed by atoms with van der Waals surface area (Å²) in [4.78, 5) is 29.9. The number of para-hydroxylation sites is 1. The highest BCUT2D eigenvalue weighted by atomic mass is 79.9. The molecule has 3 aromatic carbocycles. The van der Waals surface area contributed by atoms with Crippen molar-refractivity contribution in [1.82, 2.24) is 9.66 Å². The van der Waals surface area contributed by atoms with Gasteiger partial charge >= 0.3 is 0 Å². The number of hydrogen-bond acceptors (Lipinski definition) is 6. The Morgan fingerprint density at radius 1 is 1.11 bits per heavy atom. The van der Waals surface area contributed by atoms with Crippen LogP contribution in [0.1, 0.15) is 11.4 Å². The Labute approximate surface area is 217 Å². The molecule has 0 fully saturated rings. The van der Waals surface area contributed by atoms with Gasteiger partial charge in [0.05, 0.1) is 24.2 Å². The average Bonchev–Trinajstić information content (AvgIpc) is 2.84. The first-order valence-electron chi connectivity index (χ1n) is 10.4. The second kappa shape index (κ2) is 10.8. The first-order chi connectivity index (χ1) is 16.9. The van der Waals surface area contributed by atoms with Gasteiger partial charge in [0.25, 0.3) is 11.5 Å². The van der Waals surface area contributed by atoms with Crippen LogP contribution in [0.3, 0.4) is 0 Å². The smallest absolute Gasteiger partial charge is 0.282 e. The molecule has 1 aromatic heterocycles. The number of methoxy groups -OCH3 is 1. The van der Waals surface area contributed by atoms with Crippen LogP contribution >= 0.6 is 31.9 Å². The molecule has 0 spiro atoms. The molecule has 0 unspecified atom stereocenters. The number of amides is 1. The van der Waals surface area contributed by atoms with Crippen molar-refractivity contribution in [3.05, 3.63) is 91.4 Å². The molecule has 0 bridgehead atoms. The van der Waals surface area contributed by atoms with Crippen LogP contribution in [0.5, 0.6) is 11.5 Å². The van der Waals surface area contributed by atoms with E-state index in [1.54, 1.807) is 43.3 Å². The number of carbonyl (C=O) groups is 1. The van der Waals surface area contributed by atoms with Gasteiger partial charge in [-0.2, -0.15) is 9.78 Å². The molecule has 1 amide bonds. The summed E-state index contributed by atoms with van der Waals surface area (Å²) in [6.07, 6.45) is 1.47. The molecule has 35 heavy (non-hydrogen) atoms. The third kappa shape index (κ3) is 5.77. The third-order valence-electron chi connectivity index (χ3n) is 4.96. The summed E-state index contributed by atoms with van der Waals surface area (Å²) < 4.78 is 14.0. The molecule has 1 heterocycles. The highest BCUT2D eigenvalue weighted by Gasteiger charge is 2.15. The molecule has 1 N–H and O–H groups in total. The van der Waals surface area contributed by atoms with Gasteiger partial charge in [-0.25, -0.2) is 4.98 Å². The summed E-state index contributed by atoms with van der Waals surface area (Å²) in [6.45, 7) is 1.45. The Bertz CT molecular complexity index is 1490. The molecule has 10 heteroatoms. The van der Waals surface area contributed by atoms with E-state index in [9.17, 15) is 9.59 Å². The number of carbonyl (C=O) groups excluding carboxylic acids is 1. The van der Waals surface area contributed by atoms with E-state index >= 15 is 0 Å². The Morgan fingerprint density at radius 2 is 1.89 bits per heavy atom. The molecule has 8 nitrogen and oxygen atoms in total. The minimum atomic E-state index is -0.333. The number of ether oxygens (including phenoxy) is 2. The number of benzene rings is 3. The first kappa shape index (κ1) is 24.6. The molecule has 0 radical (unpaired) electrons. The Morgan fingerprint density at radius 3 is 2.63 bits per heavy atom. The molecule has 0 saturated heterocycles. The van der Waals surface area contributed by atoms with E-state index in [-0.39, 0.29) is 18.1 Å². The number of rotatable bonds is 7. The van der Waals surface area contributed by atoms with Crippen molar-refractivity contribution < 1.29 is 14.3 Å². The zero-order valence-electron chi connectivity index (χ0n) is 18.8. The standard InChI is InChI=1S/C25H20Br2N4O4/c1-15-29-21-9-8-17(26)11-20(21)25(33)31(15)28-13-16-10-18(27)12-22(34-2)24(16)35-14-23(32)30-19-6-4-3-5-7-19/h3-13H,14H2,1-2H3,(H,30,32). The van der Waals surface area contributed by atoms with Gasteiger partial charge < -0.3 is 14.8 Å². The third-order valence-corrected chi connectivity index (χ3v) is 5.91. The first-order valence-corrected chi connectivity index (χ1v) is 12.0. The minimum absolute atomic E-state index is 0.252. The normalized spacial score (nSPS) is 11.1. The van der Waals surface area contributed by atoms with E-state index in [0.717, 1.165) is 4.47 Å². The number of nitrogens with one attached hydrogen (secondary N) is 1. The molecular formula is C25H20Br2N4O4. The summed E-state index contributed by atoms with van der Waals surface area (Å²) in [5, 5.41) is 7.57. The van der Waals surface area contributed by atoms with E-state index in [1.807, 2.05) is 24.3 Å². The minimum Gasteiger partial charge on any atom is -0.493 e. The second-order valence-corrected chi connectivity index (χ2v) is 9.24. The van der Waals surface area contributed by atoms with E-state index in [1.165, 1.54) is 18.0 Å². The number of aromatic nitrogens is 2. The molecule has 4 aromatic rings. The molecule has 0 atom stereocenters. The van der Waals surface area contributed by atoms with E-state index in [4.69, 9.17) is 9.47 Å². The number of fused-ring (bicyclic) bond motifs is 1. The van der Waals surface area contributed by atoms with Crippen LogP contribution in [0.15, 0.2) is 79.5 Å². The Kier molecular flexibility index (Phi) is 7.62. The summed E-state index contributed by atoms with van der Waals surface area (Å²) in [6, 6.07) is 17.9. The monoisotopic (exact) mass is 598 g/mol. The predicted molar refractivity (Wildman–Crippen MR) is 143 cm³/mol. The van der Waals surface area contributed by atoms with Crippen molar-refractivity contribution in [3.63, 3.8) is 0 Å². The molecule has 178 valence electrons. The van der Waals surface area contributed by atoms with Crippen LogP contribution < -0.4 is 20.3 Å². The second-order valence-electron chi connectivity index (χ2n) is 7.41. The zero-order chi connectivity index (χ0) is 24.9. The lowest BCUT2D eigenvalue weighted by Gasteiger charge is -2.14. The van der Waals surface area contributed by atoms with Gasteiger partial charge in [-0.15, -0.1) is 0 Å². The van der Waals surface area contributed by atoms with Gasteiger partial charge in [0.2, 0.25) is 0 Å². The van der Waals surface area contributed by atoms with Gasteiger partial charge in [0.15, 0.2) is 18.1 Å². The van der Waals surface area contributed by atoms with Gasteiger partial charge in [-0.05, 0) is 49.4 Å². The molecule has 0 aliphatic heterocycles. The molecule has 0 saturated carbocycles. The zero-order valence-corrected chi connectivity index (χ0v) is 22.0. The van der Waals surface area contributed by atoms with Crippen molar-refractivity contribution in [3.8, 4) is 11.5 Å². The summed E-state index contributed by atoms with van der Waals surface area (Å²) in [7, 11) is 1.50. The quantitative estimate of drug-likeness (QED) is 0.297. The number of nitrogens with zero attached hydrogens (tertiary/aromatic N) is 3.